The van der Waals surface area contributed by atoms with E-state index in [-0.39, 0.29) is 17.7 Å². The van der Waals surface area contributed by atoms with Crippen molar-refractivity contribution in [2.45, 2.75) is 18.9 Å². The summed E-state index contributed by atoms with van der Waals surface area (Å²) in [4.78, 5) is 11.9. The number of allylic oxidation sites excluding steroid dienone is 1. The number of benzene rings is 1. The van der Waals surface area contributed by atoms with E-state index in [0.717, 1.165) is 12.0 Å². The number of hydrogen-bond acceptors (Lipinski definition) is 2. The van der Waals surface area contributed by atoms with E-state index in [1.54, 1.807) is 6.07 Å². The first-order chi connectivity index (χ1) is 7.66. The van der Waals surface area contributed by atoms with Gasteiger partial charge in [-0.2, -0.15) is 0 Å². The van der Waals surface area contributed by atoms with Crippen LogP contribution < -0.4 is 5.73 Å². The van der Waals surface area contributed by atoms with Gasteiger partial charge in [0.2, 0.25) is 0 Å². The molecule has 2 rings (SSSR count). The minimum atomic E-state index is -0.0359. The summed E-state index contributed by atoms with van der Waals surface area (Å²) in [5.74, 6) is 0.156. The maximum Gasteiger partial charge on any atom is 0.144 e. The SMILES string of the molecule is NC1C=CC(C(=O)Cc2ccccc2Cl)C1. The topological polar surface area (TPSA) is 43.1 Å². The van der Waals surface area contributed by atoms with Crippen LogP contribution >= 0.6 is 11.6 Å². The Bertz CT molecular complexity index is 428. The lowest BCUT2D eigenvalue weighted by Crippen LogP contribution is -2.20. The zero-order valence-corrected chi connectivity index (χ0v) is 9.65. The third kappa shape index (κ3) is 2.52. The molecule has 16 heavy (non-hydrogen) atoms. The van der Waals surface area contributed by atoms with Crippen LogP contribution in [-0.4, -0.2) is 11.8 Å². The Morgan fingerprint density at radius 1 is 1.38 bits per heavy atom. The molecule has 0 spiro atoms. The molecule has 2 N–H and O–H groups in total. The Labute approximate surface area is 100 Å². The fourth-order valence-corrected chi connectivity index (χ4v) is 2.13. The van der Waals surface area contributed by atoms with E-state index >= 15 is 0 Å². The van der Waals surface area contributed by atoms with Gasteiger partial charge in [0.25, 0.3) is 0 Å². The van der Waals surface area contributed by atoms with Crippen molar-refractivity contribution in [2.75, 3.05) is 0 Å². The summed E-state index contributed by atoms with van der Waals surface area (Å²) in [5.41, 5.74) is 6.61. The Morgan fingerprint density at radius 2 is 2.12 bits per heavy atom. The fourth-order valence-electron chi connectivity index (χ4n) is 1.93. The van der Waals surface area contributed by atoms with Crippen molar-refractivity contribution < 1.29 is 4.79 Å². The van der Waals surface area contributed by atoms with Gasteiger partial charge in [-0.05, 0) is 18.1 Å². The number of halogens is 1. The first-order valence-electron chi connectivity index (χ1n) is 5.37. The Kier molecular flexibility index (Phi) is 3.42. The molecular weight excluding hydrogens is 222 g/mol. The maximum absolute atomic E-state index is 11.9. The van der Waals surface area contributed by atoms with Gasteiger partial charge in [0.05, 0.1) is 0 Å². The van der Waals surface area contributed by atoms with Crippen molar-refractivity contribution >= 4 is 17.4 Å². The minimum Gasteiger partial charge on any atom is -0.324 e. The number of nitrogens with two attached hydrogens (primary N) is 1. The maximum atomic E-state index is 11.9. The molecule has 2 unspecified atom stereocenters. The summed E-state index contributed by atoms with van der Waals surface area (Å²) in [7, 11) is 0. The van der Waals surface area contributed by atoms with Crippen LogP contribution in [0.2, 0.25) is 5.02 Å². The summed E-state index contributed by atoms with van der Waals surface area (Å²) >= 11 is 6.01. The standard InChI is InChI=1S/C13H14ClNO/c14-12-4-2-1-3-9(12)8-13(16)10-5-6-11(15)7-10/h1-6,10-11H,7-8,15H2. The lowest BCUT2D eigenvalue weighted by Gasteiger charge is -2.09. The van der Waals surface area contributed by atoms with Gasteiger partial charge < -0.3 is 5.73 Å². The lowest BCUT2D eigenvalue weighted by molar-refractivity contribution is -0.120. The highest BCUT2D eigenvalue weighted by Gasteiger charge is 2.22. The van der Waals surface area contributed by atoms with Crippen molar-refractivity contribution in [1.29, 1.82) is 0 Å². The normalized spacial score (nSPS) is 23.6. The van der Waals surface area contributed by atoms with Crippen molar-refractivity contribution in [3.63, 3.8) is 0 Å². The monoisotopic (exact) mass is 235 g/mol. The molecule has 1 aliphatic rings. The first kappa shape index (κ1) is 11.4. The van der Waals surface area contributed by atoms with E-state index in [0.29, 0.717) is 11.4 Å². The molecule has 1 aromatic carbocycles. The predicted octanol–water partition coefficient (Wildman–Crippen LogP) is 2.36. The number of rotatable bonds is 3. The van der Waals surface area contributed by atoms with E-state index < -0.39 is 0 Å². The molecule has 0 amide bonds. The minimum absolute atomic E-state index is 0.0280. The third-order valence-electron chi connectivity index (χ3n) is 2.85. The van der Waals surface area contributed by atoms with Gasteiger partial charge in [-0.1, -0.05) is 42.0 Å². The molecule has 0 fully saturated rings. The Morgan fingerprint density at radius 3 is 2.75 bits per heavy atom. The van der Waals surface area contributed by atoms with Crippen LogP contribution in [0.4, 0.5) is 0 Å². The van der Waals surface area contributed by atoms with E-state index in [4.69, 9.17) is 17.3 Å². The zero-order chi connectivity index (χ0) is 11.5. The summed E-state index contributed by atoms with van der Waals surface area (Å²) in [6.07, 6.45) is 4.92. The molecule has 2 atom stereocenters. The average Bonchev–Trinajstić information content (AvgIpc) is 2.68. The van der Waals surface area contributed by atoms with E-state index in [2.05, 4.69) is 0 Å². The molecule has 0 aromatic heterocycles. The van der Waals surface area contributed by atoms with Gasteiger partial charge in [-0.3, -0.25) is 4.79 Å². The van der Waals surface area contributed by atoms with Gasteiger partial charge in [0.15, 0.2) is 0 Å². The number of carbonyl (C=O) groups excluding carboxylic acids is 1. The van der Waals surface area contributed by atoms with Gasteiger partial charge in [-0.25, -0.2) is 0 Å². The molecule has 0 aliphatic heterocycles. The summed E-state index contributed by atoms with van der Waals surface area (Å²) in [6.45, 7) is 0. The summed E-state index contributed by atoms with van der Waals surface area (Å²) in [5, 5.41) is 0.655. The number of carbonyl (C=O) groups is 1. The number of hydrogen-bond donors (Lipinski definition) is 1. The second-order valence-electron chi connectivity index (χ2n) is 4.13. The third-order valence-corrected chi connectivity index (χ3v) is 3.22. The van der Waals surface area contributed by atoms with E-state index in [9.17, 15) is 4.79 Å². The average molecular weight is 236 g/mol. The second kappa shape index (κ2) is 4.81. The first-order valence-corrected chi connectivity index (χ1v) is 5.74. The molecule has 1 aliphatic carbocycles. The van der Waals surface area contributed by atoms with Gasteiger partial charge in [0.1, 0.15) is 5.78 Å². The molecule has 2 nitrogen and oxygen atoms in total. The van der Waals surface area contributed by atoms with Crippen LogP contribution in [0.3, 0.4) is 0 Å². The van der Waals surface area contributed by atoms with Crippen LogP contribution in [-0.2, 0) is 11.2 Å². The van der Waals surface area contributed by atoms with Crippen LogP contribution in [0.1, 0.15) is 12.0 Å². The molecule has 0 saturated heterocycles. The lowest BCUT2D eigenvalue weighted by atomic mass is 9.97. The van der Waals surface area contributed by atoms with Gasteiger partial charge >= 0.3 is 0 Å². The molecule has 1 aromatic rings. The van der Waals surface area contributed by atoms with Crippen molar-refractivity contribution in [2.24, 2.45) is 11.7 Å². The van der Waals surface area contributed by atoms with Crippen LogP contribution in [0, 0.1) is 5.92 Å². The van der Waals surface area contributed by atoms with Crippen LogP contribution in [0.25, 0.3) is 0 Å². The highest BCUT2D eigenvalue weighted by atomic mass is 35.5. The largest absolute Gasteiger partial charge is 0.324 e. The Balaban J connectivity index is 2.03. The fraction of sp³-hybridized carbons (Fsp3) is 0.308. The molecule has 0 saturated carbocycles. The van der Waals surface area contributed by atoms with Crippen LogP contribution in [0.15, 0.2) is 36.4 Å². The highest BCUT2D eigenvalue weighted by Crippen LogP contribution is 2.22. The quantitative estimate of drug-likeness (QED) is 0.818. The molecule has 84 valence electrons. The second-order valence-corrected chi connectivity index (χ2v) is 4.53. The molecule has 0 radical (unpaired) electrons. The molecule has 0 bridgehead atoms. The predicted molar refractivity (Wildman–Crippen MR) is 65.4 cm³/mol. The summed E-state index contributed by atoms with van der Waals surface area (Å²) < 4.78 is 0. The highest BCUT2D eigenvalue weighted by molar-refractivity contribution is 6.31. The number of Topliss-reactive ketones (excluding diaryl/α,β-unsaturated/α-hetero) is 1. The smallest absolute Gasteiger partial charge is 0.144 e. The van der Waals surface area contributed by atoms with Crippen molar-refractivity contribution in [1.82, 2.24) is 0 Å². The Hall–Kier alpha value is -1.12. The van der Waals surface area contributed by atoms with E-state index in [1.807, 2.05) is 30.4 Å². The van der Waals surface area contributed by atoms with Crippen molar-refractivity contribution in [3.8, 4) is 0 Å². The molecule has 3 heteroatoms. The molecule has 0 heterocycles. The molecular formula is C13H14ClNO. The van der Waals surface area contributed by atoms with E-state index in [1.165, 1.54) is 0 Å². The van der Waals surface area contributed by atoms with Gasteiger partial charge in [0, 0.05) is 23.4 Å². The zero-order valence-electron chi connectivity index (χ0n) is 8.90. The van der Waals surface area contributed by atoms with Crippen LogP contribution in [0.5, 0.6) is 0 Å². The number of ketones is 1. The van der Waals surface area contributed by atoms with Crippen molar-refractivity contribution in [3.05, 3.63) is 47.0 Å². The summed E-state index contributed by atoms with van der Waals surface area (Å²) in [6, 6.07) is 7.48. The van der Waals surface area contributed by atoms with Gasteiger partial charge in [-0.15, -0.1) is 0 Å².